The van der Waals surface area contributed by atoms with Gasteiger partial charge < -0.3 is 10.1 Å². The first-order valence-electron chi connectivity index (χ1n) is 4.83. The van der Waals surface area contributed by atoms with Crippen molar-refractivity contribution in [1.82, 2.24) is 0 Å². The van der Waals surface area contributed by atoms with E-state index in [2.05, 4.69) is 5.32 Å². The average molecular weight is 182 g/mol. The second-order valence-corrected chi connectivity index (χ2v) is 3.09. The van der Waals surface area contributed by atoms with Crippen LogP contribution in [0.2, 0.25) is 0 Å². The van der Waals surface area contributed by atoms with Crippen molar-refractivity contribution in [3.05, 3.63) is 17.5 Å². The van der Waals surface area contributed by atoms with Gasteiger partial charge in [0, 0.05) is 6.08 Å². The van der Waals surface area contributed by atoms with Gasteiger partial charge in [-0.05, 0) is 6.92 Å². The summed E-state index contributed by atoms with van der Waals surface area (Å²) in [5.74, 6) is -0.250. The van der Waals surface area contributed by atoms with Gasteiger partial charge in [0.2, 0.25) is 0 Å². The normalized spacial score (nSPS) is 22.4. The summed E-state index contributed by atoms with van der Waals surface area (Å²) in [5.41, 5.74) is 0. The van der Waals surface area contributed by atoms with Crippen LogP contribution in [0.15, 0.2) is 12.2 Å². The van der Waals surface area contributed by atoms with Crippen LogP contribution >= 0.6 is 0 Å². The number of nitrogens with zero attached hydrogens (tertiary/aromatic N) is 1. The lowest BCUT2D eigenvalue weighted by Crippen LogP contribution is -2.01. The second kappa shape index (κ2) is 5.75. The molecule has 0 saturated carbocycles. The van der Waals surface area contributed by atoms with Crippen molar-refractivity contribution in [3.63, 3.8) is 0 Å². The Hall–Kier alpha value is -0.830. The van der Waals surface area contributed by atoms with Gasteiger partial charge in [-0.2, -0.15) is 0 Å². The van der Waals surface area contributed by atoms with Crippen molar-refractivity contribution in [1.29, 1.82) is 0 Å². The van der Waals surface area contributed by atoms with Crippen molar-refractivity contribution in [2.75, 3.05) is 13.2 Å². The molecule has 74 valence electrons. The van der Waals surface area contributed by atoms with E-state index in [-0.39, 0.29) is 5.97 Å². The van der Waals surface area contributed by atoms with Crippen LogP contribution < -0.4 is 0 Å². The summed E-state index contributed by atoms with van der Waals surface area (Å²) in [6, 6.07) is 0.436. The molecule has 0 aromatic heterocycles. The van der Waals surface area contributed by atoms with E-state index in [1.807, 2.05) is 6.08 Å². The zero-order chi connectivity index (χ0) is 9.52. The number of carbonyl (C=O) groups is 1. The fourth-order valence-corrected chi connectivity index (χ4v) is 1.40. The molecule has 1 aliphatic heterocycles. The van der Waals surface area contributed by atoms with Gasteiger partial charge in [-0.3, -0.25) is 0 Å². The lowest BCUT2D eigenvalue weighted by molar-refractivity contribution is -0.137. The predicted octanol–water partition coefficient (Wildman–Crippen LogP) is 2.03. The Labute approximate surface area is 79.2 Å². The molecule has 1 atom stereocenters. The van der Waals surface area contributed by atoms with Gasteiger partial charge in [0.15, 0.2) is 0 Å². The van der Waals surface area contributed by atoms with E-state index in [4.69, 9.17) is 4.74 Å². The first kappa shape index (κ1) is 10.3. The summed E-state index contributed by atoms with van der Waals surface area (Å²) in [6.45, 7) is 3.23. The molecule has 0 aromatic carbocycles. The highest BCUT2D eigenvalue weighted by Crippen LogP contribution is 2.20. The summed E-state index contributed by atoms with van der Waals surface area (Å²) in [7, 11) is 0. The average Bonchev–Trinajstić information content (AvgIpc) is 2.57. The van der Waals surface area contributed by atoms with E-state index in [1.165, 1.54) is 12.5 Å². The summed E-state index contributed by atoms with van der Waals surface area (Å²) in [6.07, 6.45) is 6.58. The summed E-state index contributed by atoms with van der Waals surface area (Å²) in [4.78, 5) is 10.9. The number of carbonyl (C=O) groups excluding carboxylic acids is 1. The number of hydrogen-bond donors (Lipinski definition) is 0. The number of esters is 1. The van der Waals surface area contributed by atoms with Gasteiger partial charge in [0.25, 0.3) is 0 Å². The zero-order valence-electron chi connectivity index (χ0n) is 8.03. The Morgan fingerprint density at radius 3 is 3.15 bits per heavy atom. The molecule has 1 aliphatic rings. The van der Waals surface area contributed by atoms with Crippen LogP contribution in [0.25, 0.3) is 5.32 Å². The first-order valence-corrected chi connectivity index (χ1v) is 4.83. The molecule has 0 radical (unpaired) electrons. The highest BCUT2D eigenvalue weighted by Gasteiger charge is 2.01. The molecule has 1 fully saturated rings. The van der Waals surface area contributed by atoms with Crippen LogP contribution in [0.1, 0.15) is 26.2 Å². The van der Waals surface area contributed by atoms with Crippen molar-refractivity contribution in [3.8, 4) is 0 Å². The van der Waals surface area contributed by atoms with Crippen LogP contribution in [0, 0.1) is 0 Å². The van der Waals surface area contributed by atoms with Crippen LogP contribution in [-0.4, -0.2) is 25.2 Å². The molecule has 3 heteroatoms. The SMILES string of the molecule is CCOC(=O)/C=C/CC1CCC[N-]1. The van der Waals surface area contributed by atoms with E-state index in [1.54, 1.807) is 6.92 Å². The third-order valence-electron chi connectivity index (χ3n) is 2.03. The number of hydrogen-bond acceptors (Lipinski definition) is 2. The van der Waals surface area contributed by atoms with Crippen molar-refractivity contribution in [2.45, 2.75) is 32.2 Å². The summed E-state index contributed by atoms with van der Waals surface area (Å²) >= 11 is 0. The first-order chi connectivity index (χ1) is 6.33. The molecule has 1 unspecified atom stereocenters. The Kier molecular flexibility index (Phi) is 4.54. The van der Waals surface area contributed by atoms with Gasteiger partial charge in [-0.1, -0.05) is 25.3 Å². The van der Waals surface area contributed by atoms with Gasteiger partial charge in [0.05, 0.1) is 6.61 Å². The highest BCUT2D eigenvalue weighted by atomic mass is 16.5. The molecule has 0 aromatic rings. The summed E-state index contributed by atoms with van der Waals surface area (Å²) in [5, 5.41) is 4.38. The van der Waals surface area contributed by atoms with E-state index in [0.29, 0.717) is 12.6 Å². The maximum absolute atomic E-state index is 10.9. The molecule has 0 amide bonds. The van der Waals surface area contributed by atoms with Crippen LogP contribution in [-0.2, 0) is 9.53 Å². The van der Waals surface area contributed by atoms with Gasteiger partial charge in [-0.15, -0.1) is 12.6 Å². The lowest BCUT2D eigenvalue weighted by atomic mass is 10.1. The van der Waals surface area contributed by atoms with E-state index in [0.717, 1.165) is 19.4 Å². The molecule has 0 N–H and O–H groups in total. The maximum atomic E-state index is 10.9. The molecular formula is C10H16NO2-. The minimum atomic E-state index is -0.250. The Bertz CT molecular complexity index is 183. The minimum absolute atomic E-state index is 0.250. The van der Waals surface area contributed by atoms with E-state index < -0.39 is 0 Å². The number of ether oxygens (including phenoxy) is 1. The van der Waals surface area contributed by atoms with Crippen molar-refractivity contribution < 1.29 is 9.53 Å². The molecule has 0 bridgehead atoms. The van der Waals surface area contributed by atoms with Crippen LogP contribution in [0.4, 0.5) is 0 Å². The van der Waals surface area contributed by atoms with E-state index in [9.17, 15) is 4.79 Å². The molecule has 13 heavy (non-hydrogen) atoms. The predicted molar refractivity (Wildman–Crippen MR) is 51.6 cm³/mol. The van der Waals surface area contributed by atoms with Gasteiger partial charge in [0.1, 0.15) is 0 Å². The largest absolute Gasteiger partial charge is 0.659 e. The van der Waals surface area contributed by atoms with Gasteiger partial charge >= 0.3 is 5.97 Å². The van der Waals surface area contributed by atoms with Gasteiger partial charge in [-0.25, -0.2) is 4.79 Å². The maximum Gasteiger partial charge on any atom is 0.330 e. The fraction of sp³-hybridized carbons (Fsp3) is 0.700. The summed E-state index contributed by atoms with van der Waals surface area (Å²) < 4.78 is 4.75. The molecule has 0 spiro atoms. The fourth-order valence-electron chi connectivity index (χ4n) is 1.40. The quantitative estimate of drug-likeness (QED) is 0.493. The number of rotatable bonds is 4. The monoisotopic (exact) mass is 182 g/mol. The third kappa shape index (κ3) is 4.08. The standard InChI is InChI=1S/C10H16NO2/c1-2-13-10(12)7-3-5-9-6-4-8-11-9/h3,7,9H,2,4-6,8H2,1H3/q-1/b7-3+. The Balaban J connectivity index is 2.12. The van der Waals surface area contributed by atoms with Crippen molar-refractivity contribution >= 4 is 5.97 Å². The second-order valence-electron chi connectivity index (χ2n) is 3.09. The van der Waals surface area contributed by atoms with Crippen LogP contribution in [0.3, 0.4) is 0 Å². The van der Waals surface area contributed by atoms with Crippen molar-refractivity contribution in [2.24, 2.45) is 0 Å². The Morgan fingerprint density at radius 1 is 1.69 bits per heavy atom. The Morgan fingerprint density at radius 2 is 2.54 bits per heavy atom. The third-order valence-corrected chi connectivity index (χ3v) is 2.03. The smallest absolute Gasteiger partial charge is 0.330 e. The zero-order valence-corrected chi connectivity index (χ0v) is 8.03. The minimum Gasteiger partial charge on any atom is -0.659 e. The molecule has 3 nitrogen and oxygen atoms in total. The van der Waals surface area contributed by atoms with E-state index >= 15 is 0 Å². The lowest BCUT2D eigenvalue weighted by Gasteiger charge is -2.19. The molecule has 0 aliphatic carbocycles. The molecule has 1 rings (SSSR count). The molecular weight excluding hydrogens is 166 g/mol. The van der Waals surface area contributed by atoms with Crippen LogP contribution in [0.5, 0.6) is 0 Å². The molecule has 1 saturated heterocycles. The molecule has 1 heterocycles. The topological polar surface area (TPSA) is 40.4 Å². The highest BCUT2D eigenvalue weighted by molar-refractivity contribution is 5.81.